The van der Waals surface area contributed by atoms with Gasteiger partial charge in [0.05, 0.1) is 44.7 Å². The average Bonchev–Trinajstić information content (AvgIpc) is 3.02. The molecule has 1 saturated heterocycles. The summed E-state index contributed by atoms with van der Waals surface area (Å²) < 4.78 is 14.8. The zero-order valence-electron chi connectivity index (χ0n) is 12.8. The minimum atomic E-state index is -0.357. The third-order valence-electron chi connectivity index (χ3n) is 3.79. The SMILES string of the molecule is C[NH+]1CCN(C(=O)CSc2nnnn2-c2cccc(F)c2)CC1. The van der Waals surface area contributed by atoms with Crippen molar-refractivity contribution in [1.82, 2.24) is 25.1 Å². The van der Waals surface area contributed by atoms with E-state index in [0.29, 0.717) is 10.8 Å². The smallest absolute Gasteiger partial charge is 0.233 e. The van der Waals surface area contributed by atoms with E-state index in [0.717, 1.165) is 26.2 Å². The zero-order valence-corrected chi connectivity index (χ0v) is 13.6. The first-order valence-corrected chi connectivity index (χ1v) is 8.38. The van der Waals surface area contributed by atoms with Crippen LogP contribution in [0.3, 0.4) is 0 Å². The molecule has 0 unspecified atom stereocenters. The quantitative estimate of drug-likeness (QED) is 0.744. The van der Waals surface area contributed by atoms with Crippen molar-refractivity contribution in [2.75, 3.05) is 39.0 Å². The van der Waals surface area contributed by atoms with Gasteiger partial charge in [0.15, 0.2) is 0 Å². The van der Waals surface area contributed by atoms with E-state index in [1.54, 1.807) is 12.1 Å². The Bertz CT molecular complexity index is 685. The number of quaternary nitrogens is 1. The molecule has 0 saturated carbocycles. The fraction of sp³-hybridized carbons (Fsp3) is 0.429. The van der Waals surface area contributed by atoms with E-state index < -0.39 is 0 Å². The number of aromatic nitrogens is 4. The Morgan fingerprint density at radius 1 is 1.39 bits per heavy atom. The molecule has 1 N–H and O–H groups in total. The number of carbonyl (C=O) groups is 1. The monoisotopic (exact) mass is 337 g/mol. The maximum absolute atomic E-state index is 13.3. The maximum atomic E-state index is 13.3. The Kier molecular flexibility index (Phi) is 4.87. The second-order valence-corrected chi connectivity index (χ2v) is 6.42. The number of amides is 1. The van der Waals surface area contributed by atoms with Crippen LogP contribution in [0.25, 0.3) is 5.69 Å². The number of rotatable bonds is 4. The van der Waals surface area contributed by atoms with E-state index in [2.05, 4.69) is 22.6 Å². The number of thioether (sulfide) groups is 1. The fourth-order valence-corrected chi connectivity index (χ4v) is 3.19. The van der Waals surface area contributed by atoms with Gasteiger partial charge in [0.1, 0.15) is 5.82 Å². The Labute approximate surface area is 137 Å². The van der Waals surface area contributed by atoms with E-state index >= 15 is 0 Å². The highest BCUT2D eigenvalue weighted by molar-refractivity contribution is 7.99. The van der Waals surface area contributed by atoms with E-state index in [-0.39, 0.29) is 17.5 Å². The van der Waals surface area contributed by atoms with Crippen LogP contribution in [-0.2, 0) is 4.79 Å². The Hall–Kier alpha value is -2.00. The van der Waals surface area contributed by atoms with Crippen molar-refractivity contribution >= 4 is 17.7 Å². The number of likely N-dealkylation sites (N-methyl/N-ethyl adjacent to an activating group) is 1. The van der Waals surface area contributed by atoms with Crippen molar-refractivity contribution in [3.8, 4) is 5.69 Å². The first kappa shape index (κ1) is 15.9. The maximum Gasteiger partial charge on any atom is 0.233 e. The number of nitrogens with zero attached hydrogens (tertiary/aromatic N) is 5. The van der Waals surface area contributed by atoms with Crippen LogP contribution in [0, 0.1) is 5.82 Å². The molecule has 2 heterocycles. The van der Waals surface area contributed by atoms with Gasteiger partial charge in [-0.25, -0.2) is 4.39 Å². The van der Waals surface area contributed by atoms with Gasteiger partial charge in [-0.1, -0.05) is 17.8 Å². The molecule has 0 radical (unpaired) electrons. The van der Waals surface area contributed by atoms with Crippen molar-refractivity contribution in [2.45, 2.75) is 5.16 Å². The van der Waals surface area contributed by atoms with E-state index in [4.69, 9.17) is 0 Å². The molecule has 1 aliphatic heterocycles. The van der Waals surface area contributed by atoms with Crippen LogP contribution in [-0.4, -0.2) is 70.0 Å². The molecule has 1 fully saturated rings. The lowest BCUT2D eigenvalue weighted by molar-refractivity contribution is -0.883. The van der Waals surface area contributed by atoms with Crippen LogP contribution in [0.15, 0.2) is 29.4 Å². The molecule has 0 aliphatic carbocycles. The second-order valence-electron chi connectivity index (χ2n) is 5.48. The summed E-state index contributed by atoms with van der Waals surface area (Å²) in [5.74, 6) is -0.00406. The lowest BCUT2D eigenvalue weighted by Gasteiger charge is -2.29. The van der Waals surface area contributed by atoms with Gasteiger partial charge in [0.25, 0.3) is 0 Å². The van der Waals surface area contributed by atoms with Crippen LogP contribution >= 0.6 is 11.8 Å². The van der Waals surface area contributed by atoms with E-state index in [1.165, 1.54) is 33.5 Å². The van der Waals surface area contributed by atoms with Crippen molar-refractivity contribution in [1.29, 1.82) is 0 Å². The summed E-state index contributed by atoms with van der Waals surface area (Å²) in [6, 6.07) is 6.03. The van der Waals surface area contributed by atoms with Gasteiger partial charge < -0.3 is 9.80 Å². The topological polar surface area (TPSA) is 68.3 Å². The van der Waals surface area contributed by atoms with Crippen LogP contribution in [0.1, 0.15) is 0 Å². The van der Waals surface area contributed by atoms with Gasteiger partial charge in [-0.05, 0) is 28.6 Å². The highest BCUT2D eigenvalue weighted by Crippen LogP contribution is 2.19. The third-order valence-corrected chi connectivity index (χ3v) is 4.69. The molecule has 1 aromatic heterocycles. The number of hydrogen-bond donors (Lipinski definition) is 1. The molecule has 1 aromatic carbocycles. The molecular formula is C14H18FN6OS+. The number of halogens is 1. The summed E-state index contributed by atoms with van der Waals surface area (Å²) >= 11 is 1.26. The van der Waals surface area contributed by atoms with Crippen molar-refractivity contribution in [3.63, 3.8) is 0 Å². The lowest BCUT2D eigenvalue weighted by Crippen LogP contribution is -3.12. The van der Waals surface area contributed by atoms with Gasteiger partial charge in [0, 0.05) is 0 Å². The largest absolute Gasteiger partial charge is 0.334 e. The molecule has 1 aliphatic rings. The first-order valence-electron chi connectivity index (χ1n) is 7.39. The van der Waals surface area contributed by atoms with Gasteiger partial charge in [-0.2, -0.15) is 4.68 Å². The Morgan fingerprint density at radius 3 is 2.91 bits per heavy atom. The number of tetrazole rings is 1. The first-order chi connectivity index (χ1) is 11.1. The molecular weight excluding hydrogens is 319 g/mol. The molecule has 0 spiro atoms. The molecule has 23 heavy (non-hydrogen) atoms. The lowest BCUT2D eigenvalue weighted by atomic mass is 10.3. The summed E-state index contributed by atoms with van der Waals surface area (Å²) in [6.45, 7) is 3.50. The fourth-order valence-electron chi connectivity index (χ4n) is 2.39. The number of hydrogen-bond acceptors (Lipinski definition) is 5. The summed E-state index contributed by atoms with van der Waals surface area (Å²) in [6.07, 6.45) is 0. The summed E-state index contributed by atoms with van der Waals surface area (Å²) in [5.41, 5.74) is 0.535. The van der Waals surface area contributed by atoms with E-state index in [9.17, 15) is 9.18 Å². The van der Waals surface area contributed by atoms with Crippen molar-refractivity contribution in [3.05, 3.63) is 30.1 Å². The number of carbonyl (C=O) groups excluding carboxylic acids is 1. The molecule has 1 amide bonds. The van der Waals surface area contributed by atoms with Crippen LogP contribution in [0.5, 0.6) is 0 Å². The molecule has 2 aromatic rings. The summed E-state index contributed by atoms with van der Waals surface area (Å²) in [4.78, 5) is 15.6. The molecule has 0 atom stereocenters. The predicted octanol–water partition coefficient (Wildman–Crippen LogP) is -0.750. The van der Waals surface area contributed by atoms with Gasteiger partial charge in [0.2, 0.25) is 11.1 Å². The highest BCUT2D eigenvalue weighted by Gasteiger charge is 2.22. The van der Waals surface area contributed by atoms with Gasteiger partial charge in [-0.3, -0.25) is 4.79 Å². The third kappa shape index (κ3) is 3.85. The molecule has 0 bridgehead atoms. The molecule has 9 heteroatoms. The molecule has 3 rings (SSSR count). The number of nitrogens with one attached hydrogen (secondary N) is 1. The van der Waals surface area contributed by atoms with Crippen LogP contribution in [0.4, 0.5) is 4.39 Å². The Morgan fingerprint density at radius 2 is 2.17 bits per heavy atom. The number of benzene rings is 1. The average molecular weight is 337 g/mol. The minimum absolute atomic E-state index is 0.0799. The standard InChI is InChI=1S/C14H17FN6OS/c1-19-5-7-20(8-6-19)13(22)10-23-14-16-17-18-21(14)12-4-2-3-11(15)9-12/h2-4,9H,5-8,10H2,1H3/p+1. The van der Waals surface area contributed by atoms with E-state index in [1.807, 2.05) is 4.90 Å². The second kappa shape index (κ2) is 7.05. The predicted molar refractivity (Wildman–Crippen MR) is 83.0 cm³/mol. The molecule has 7 nitrogen and oxygen atoms in total. The highest BCUT2D eigenvalue weighted by atomic mass is 32.2. The van der Waals surface area contributed by atoms with Crippen molar-refractivity contribution < 1.29 is 14.1 Å². The van der Waals surface area contributed by atoms with Crippen LogP contribution in [0.2, 0.25) is 0 Å². The summed E-state index contributed by atoms with van der Waals surface area (Å²) in [5, 5.41) is 11.9. The van der Waals surface area contributed by atoms with Crippen LogP contribution < -0.4 is 4.90 Å². The normalized spacial score (nSPS) is 15.8. The van der Waals surface area contributed by atoms with Gasteiger partial charge in [-0.15, -0.1) is 5.10 Å². The van der Waals surface area contributed by atoms with Gasteiger partial charge >= 0.3 is 0 Å². The zero-order chi connectivity index (χ0) is 16.2. The number of piperazine rings is 1. The summed E-state index contributed by atoms with van der Waals surface area (Å²) in [7, 11) is 2.13. The molecule has 122 valence electrons. The Balaban J connectivity index is 1.63. The minimum Gasteiger partial charge on any atom is -0.334 e. The van der Waals surface area contributed by atoms with Crippen molar-refractivity contribution in [2.24, 2.45) is 0 Å².